The number of likely N-dealkylation sites (tertiary alicyclic amines) is 1. The zero-order valence-corrected chi connectivity index (χ0v) is 14.8. The van der Waals surface area contributed by atoms with E-state index in [1.54, 1.807) is 9.80 Å². The molecule has 1 aromatic carbocycles. The molecule has 24 heavy (non-hydrogen) atoms. The Morgan fingerprint density at radius 3 is 2.46 bits per heavy atom. The molecule has 2 aliphatic rings. The Balaban J connectivity index is 1.58. The van der Waals surface area contributed by atoms with Gasteiger partial charge in [-0.15, -0.1) is 0 Å². The van der Waals surface area contributed by atoms with Crippen LogP contribution in [-0.4, -0.2) is 60.4 Å². The maximum absolute atomic E-state index is 12.5. The van der Waals surface area contributed by atoms with Crippen molar-refractivity contribution in [2.75, 3.05) is 37.6 Å². The van der Waals surface area contributed by atoms with Crippen LogP contribution in [0, 0.1) is 0 Å². The zero-order valence-electron chi connectivity index (χ0n) is 14.1. The zero-order chi connectivity index (χ0) is 17.1. The van der Waals surface area contributed by atoms with E-state index in [9.17, 15) is 9.59 Å². The van der Waals surface area contributed by atoms with E-state index in [1.807, 2.05) is 31.2 Å². The number of nitrogens with zero attached hydrogens (tertiary/aromatic N) is 3. The van der Waals surface area contributed by atoms with Gasteiger partial charge < -0.3 is 14.7 Å². The van der Waals surface area contributed by atoms with Gasteiger partial charge in [0.15, 0.2) is 0 Å². The second kappa shape index (κ2) is 7.43. The Hall–Kier alpha value is -1.75. The van der Waals surface area contributed by atoms with E-state index < -0.39 is 0 Å². The molecule has 5 nitrogen and oxygen atoms in total. The van der Waals surface area contributed by atoms with Crippen LogP contribution in [0.1, 0.15) is 26.2 Å². The van der Waals surface area contributed by atoms with Gasteiger partial charge in [0, 0.05) is 49.5 Å². The summed E-state index contributed by atoms with van der Waals surface area (Å²) in [5.74, 6) is -0.687. The number of amides is 2. The SMILES string of the molecule is CC1CCCCN1C(=O)C(=O)N1CCN(c2cccc(Cl)c2)CC1. The highest BCUT2D eigenvalue weighted by Crippen LogP contribution is 2.21. The first-order chi connectivity index (χ1) is 11.6. The third-order valence-electron chi connectivity index (χ3n) is 4.99. The van der Waals surface area contributed by atoms with Crippen molar-refractivity contribution >= 4 is 29.1 Å². The van der Waals surface area contributed by atoms with Crippen molar-refractivity contribution in [3.63, 3.8) is 0 Å². The molecular weight excluding hydrogens is 326 g/mol. The van der Waals surface area contributed by atoms with Gasteiger partial charge in [0.25, 0.3) is 0 Å². The molecule has 0 spiro atoms. The summed E-state index contributed by atoms with van der Waals surface area (Å²) >= 11 is 6.04. The highest BCUT2D eigenvalue weighted by Gasteiger charge is 2.32. The molecule has 0 bridgehead atoms. The first-order valence-corrected chi connectivity index (χ1v) is 9.04. The minimum Gasteiger partial charge on any atom is -0.368 e. The fraction of sp³-hybridized carbons (Fsp3) is 0.556. The van der Waals surface area contributed by atoms with E-state index in [1.165, 1.54) is 0 Å². The van der Waals surface area contributed by atoms with Crippen molar-refractivity contribution in [1.82, 2.24) is 9.80 Å². The fourth-order valence-corrected chi connectivity index (χ4v) is 3.68. The molecule has 6 heteroatoms. The third-order valence-corrected chi connectivity index (χ3v) is 5.22. The fourth-order valence-electron chi connectivity index (χ4n) is 3.50. The van der Waals surface area contributed by atoms with Crippen molar-refractivity contribution in [3.05, 3.63) is 29.3 Å². The van der Waals surface area contributed by atoms with Gasteiger partial charge >= 0.3 is 11.8 Å². The maximum Gasteiger partial charge on any atom is 0.312 e. The summed E-state index contributed by atoms with van der Waals surface area (Å²) in [6.07, 6.45) is 3.12. The number of anilines is 1. The predicted molar refractivity (Wildman–Crippen MR) is 95.3 cm³/mol. The molecule has 2 amide bonds. The average molecular weight is 350 g/mol. The largest absolute Gasteiger partial charge is 0.368 e. The summed E-state index contributed by atoms with van der Waals surface area (Å²) in [4.78, 5) is 30.7. The van der Waals surface area contributed by atoms with Gasteiger partial charge in [0.2, 0.25) is 0 Å². The number of hydrogen-bond donors (Lipinski definition) is 0. The lowest BCUT2D eigenvalue weighted by atomic mass is 10.0. The number of carbonyl (C=O) groups is 2. The number of carbonyl (C=O) groups excluding carboxylic acids is 2. The van der Waals surface area contributed by atoms with Gasteiger partial charge in [0.1, 0.15) is 0 Å². The quantitative estimate of drug-likeness (QED) is 0.731. The number of rotatable bonds is 1. The minimum atomic E-state index is -0.352. The minimum absolute atomic E-state index is 0.169. The molecule has 2 fully saturated rings. The number of hydrogen-bond acceptors (Lipinski definition) is 3. The lowest BCUT2D eigenvalue weighted by molar-refractivity contribution is -0.154. The Morgan fingerprint density at radius 2 is 1.79 bits per heavy atom. The summed E-state index contributed by atoms with van der Waals surface area (Å²) < 4.78 is 0. The molecule has 2 aliphatic heterocycles. The smallest absolute Gasteiger partial charge is 0.312 e. The highest BCUT2D eigenvalue weighted by molar-refractivity contribution is 6.35. The summed E-state index contributed by atoms with van der Waals surface area (Å²) in [7, 11) is 0. The predicted octanol–water partition coefficient (Wildman–Crippen LogP) is 2.39. The van der Waals surface area contributed by atoms with E-state index in [4.69, 9.17) is 11.6 Å². The molecular formula is C18H24ClN3O2. The molecule has 1 aromatic rings. The Kier molecular flexibility index (Phi) is 5.29. The Morgan fingerprint density at radius 1 is 1.04 bits per heavy atom. The van der Waals surface area contributed by atoms with Gasteiger partial charge in [-0.3, -0.25) is 9.59 Å². The van der Waals surface area contributed by atoms with Crippen molar-refractivity contribution < 1.29 is 9.59 Å². The summed E-state index contributed by atoms with van der Waals surface area (Å²) in [5, 5.41) is 0.709. The molecule has 0 aliphatic carbocycles. The van der Waals surface area contributed by atoms with E-state index in [2.05, 4.69) is 4.90 Å². The lowest BCUT2D eigenvalue weighted by Crippen LogP contribution is -2.55. The molecule has 0 aromatic heterocycles. The normalized spacial score (nSPS) is 21.8. The molecule has 2 saturated heterocycles. The molecule has 1 atom stereocenters. The monoisotopic (exact) mass is 349 g/mol. The standard InChI is InChI=1S/C18H24ClN3O2/c1-14-5-2-3-8-22(14)18(24)17(23)21-11-9-20(10-12-21)16-7-4-6-15(19)13-16/h4,6-7,13-14H,2-3,5,8-12H2,1H3. The topological polar surface area (TPSA) is 43.9 Å². The van der Waals surface area contributed by atoms with Crippen LogP contribution >= 0.6 is 11.6 Å². The van der Waals surface area contributed by atoms with Gasteiger partial charge in [-0.1, -0.05) is 17.7 Å². The van der Waals surface area contributed by atoms with Crippen LogP contribution in [0.15, 0.2) is 24.3 Å². The number of benzene rings is 1. The van der Waals surface area contributed by atoms with E-state index in [0.29, 0.717) is 24.7 Å². The van der Waals surface area contributed by atoms with Crippen LogP contribution < -0.4 is 4.90 Å². The molecule has 3 rings (SSSR count). The average Bonchev–Trinajstić information content (AvgIpc) is 2.61. The van der Waals surface area contributed by atoms with Crippen molar-refractivity contribution in [2.24, 2.45) is 0 Å². The first kappa shape index (κ1) is 17.1. The van der Waals surface area contributed by atoms with Gasteiger partial charge in [-0.25, -0.2) is 0 Å². The van der Waals surface area contributed by atoms with Crippen molar-refractivity contribution in [2.45, 2.75) is 32.2 Å². The summed E-state index contributed by atoms with van der Waals surface area (Å²) in [6.45, 7) is 5.30. The van der Waals surface area contributed by atoms with E-state index in [0.717, 1.165) is 38.0 Å². The highest BCUT2D eigenvalue weighted by atomic mass is 35.5. The van der Waals surface area contributed by atoms with Gasteiger partial charge in [-0.05, 0) is 44.4 Å². The maximum atomic E-state index is 12.5. The lowest BCUT2D eigenvalue weighted by Gasteiger charge is -2.38. The van der Waals surface area contributed by atoms with Crippen LogP contribution in [0.3, 0.4) is 0 Å². The molecule has 0 radical (unpaired) electrons. The van der Waals surface area contributed by atoms with E-state index in [-0.39, 0.29) is 17.9 Å². The number of piperidine rings is 1. The summed E-state index contributed by atoms with van der Waals surface area (Å²) in [5.41, 5.74) is 1.06. The van der Waals surface area contributed by atoms with E-state index >= 15 is 0 Å². The van der Waals surface area contributed by atoms with Crippen LogP contribution in [0.25, 0.3) is 0 Å². The number of halogens is 1. The van der Waals surface area contributed by atoms with Crippen LogP contribution in [0.5, 0.6) is 0 Å². The first-order valence-electron chi connectivity index (χ1n) is 8.66. The Bertz CT molecular complexity index is 614. The molecule has 1 unspecified atom stereocenters. The van der Waals surface area contributed by atoms with Crippen LogP contribution in [0.4, 0.5) is 5.69 Å². The second-order valence-electron chi connectivity index (χ2n) is 6.60. The van der Waals surface area contributed by atoms with Gasteiger partial charge in [0.05, 0.1) is 0 Å². The summed E-state index contributed by atoms with van der Waals surface area (Å²) in [6, 6.07) is 7.89. The van der Waals surface area contributed by atoms with Crippen LogP contribution in [0.2, 0.25) is 5.02 Å². The molecule has 130 valence electrons. The van der Waals surface area contributed by atoms with Crippen molar-refractivity contribution in [3.8, 4) is 0 Å². The molecule has 2 heterocycles. The second-order valence-corrected chi connectivity index (χ2v) is 7.04. The van der Waals surface area contributed by atoms with Crippen LogP contribution in [-0.2, 0) is 9.59 Å². The number of piperazine rings is 1. The van der Waals surface area contributed by atoms with Crippen molar-refractivity contribution in [1.29, 1.82) is 0 Å². The van der Waals surface area contributed by atoms with Gasteiger partial charge in [-0.2, -0.15) is 0 Å². The third kappa shape index (κ3) is 3.66. The molecule has 0 N–H and O–H groups in total. The Labute approximate surface area is 148 Å². The molecule has 0 saturated carbocycles.